The van der Waals surface area contributed by atoms with Crippen molar-refractivity contribution < 1.29 is 14.3 Å². The number of hydrogen-bond acceptors (Lipinski definition) is 4. The maximum atomic E-state index is 10.5. The number of aliphatic hydroxyl groups is 1. The van der Waals surface area contributed by atoms with Crippen LogP contribution in [0.1, 0.15) is 65.7 Å². The monoisotopic (exact) mass is 469 g/mol. The van der Waals surface area contributed by atoms with Gasteiger partial charge >= 0.3 is 0 Å². The first-order valence-electron chi connectivity index (χ1n) is 12.1. The van der Waals surface area contributed by atoms with Crippen molar-refractivity contribution in [3.05, 3.63) is 65.7 Å². The summed E-state index contributed by atoms with van der Waals surface area (Å²) in [5, 5.41) is 13.9. The molecule has 0 saturated carbocycles. The molecule has 2 aromatic rings. The first kappa shape index (κ1) is 27.2. The molecule has 4 nitrogen and oxygen atoms in total. The van der Waals surface area contributed by atoms with Crippen LogP contribution in [-0.4, -0.2) is 33.1 Å². The molecule has 182 valence electrons. The Morgan fingerprint density at radius 1 is 0.879 bits per heavy atom. The van der Waals surface area contributed by atoms with Crippen LogP contribution in [0.15, 0.2) is 54.6 Å². The summed E-state index contributed by atoms with van der Waals surface area (Å²) in [5.41, 5.74) is 3.48. The number of methoxy groups -OCH3 is 1. The van der Waals surface area contributed by atoms with E-state index in [2.05, 4.69) is 65.1 Å². The Morgan fingerprint density at radius 2 is 1.48 bits per heavy atom. The molecule has 33 heavy (non-hydrogen) atoms. The Kier molecular flexibility index (Phi) is 10.2. The average molecular weight is 470 g/mol. The smallest absolute Gasteiger partial charge is 0.258 e. The third-order valence-electron chi connectivity index (χ3n) is 6.66. The Morgan fingerprint density at radius 3 is 2.03 bits per heavy atom. The van der Waals surface area contributed by atoms with Crippen molar-refractivity contribution in [2.24, 2.45) is 0 Å². The lowest BCUT2D eigenvalue weighted by atomic mass is 10.0. The lowest BCUT2D eigenvalue weighted by Crippen LogP contribution is -2.50. The van der Waals surface area contributed by atoms with Crippen LogP contribution in [0, 0.1) is 0 Å². The summed E-state index contributed by atoms with van der Waals surface area (Å²) in [7, 11) is -0.346. The maximum absolute atomic E-state index is 10.5. The second kappa shape index (κ2) is 12.4. The van der Waals surface area contributed by atoms with Gasteiger partial charge in [0.2, 0.25) is 0 Å². The molecule has 0 bridgehead atoms. The maximum Gasteiger partial charge on any atom is 0.258 e. The number of rotatable bonds is 12. The molecular weight excluding hydrogens is 426 g/mol. The molecular formula is C28H43NO3Si. The Bertz CT molecular complexity index is 858. The predicted octanol–water partition coefficient (Wildman–Crippen LogP) is 6.97. The Labute approximate surface area is 202 Å². The number of nitrogens with one attached hydrogen (secondary N) is 1. The molecule has 0 saturated heterocycles. The van der Waals surface area contributed by atoms with E-state index in [9.17, 15) is 5.11 Å². The Balaban J connectivity index is 2.07. The minimum absolute atomic E-state index is 0.0523. The number of aliphatic hydroxyl groups excluding tert-OH is 1. The number of benzene rings is 2. The summed E-state index contributed by atoms with van der Waals surface area (Å²) >= 11 is 0. The lowest BCUT2D eigenvalue weighted by molar-refractivity contribution is 0.138. The summed E-state index contributed by atoms with van der Waals surface area (Å²) < 4.78 is 12.5. The van der Waals surface area contributed by atoms with Gasteiger partial charge in [0.1, 0.15) is 5.75 Å². The largest absolute Gasteiger partial charge is 0.540 e. The van der Waals surface area contributed by atoms with Crippen LogP contribution in [-0.2, 0) is 0 Å². The van der Waals surface area contributed by atoms with E-state index in [1.165, 1.54) is 0 Å². The third kappa shape index (κ3) is 6.72. The zero-order valence-electron chi connectivity index (χ0n) is 21.6. The van der Waals surface area contributed by atoms with Crippen LogP contribution in [0.25, 0.3) is 6.08 Å². The van der Waals surface area contributed by atoms with E-state index in [1.54, 1.807) is 7.11 Å². The molecule has 0 aliphatic carbocycles. The zero-order chi connectivity index (χ0) is 24.6. The van der Waals surface area contributed by atoms with Gasteiger partial charge in [-0.25, -0.2) is 0 Å². The summed E-state index contributed by atoms with van der Waals surface area (Å²) in [6, 6.07) is 15.9. The van der Waals surface area contributed by atoms with Gasteiger partial charge in [-0.1, -0.05) is 90.1 Å². The molecule has 0 aliphatic heterocycles. The molecule has 0 fully saturated rings. The van der Waals surface area contributed by atoms with Crippen molar-refractivity contribution in [1.82, 2.24) is 5.32 Å². The average Bonchev–Trinajstić information content (AvgIpc) is 2.79. The van der Waals surface area contributed by atoms with E-state index in [4.69, 9.17) is 9.16 Å². The minimum atomic E-state index is -2.05. The molecule has 0 amide bonds. The van der Waals surface area contributed by atoms with Gasteiger partial charge in [0, 0.05) is 12.6 Å². The van der Waals surface area contributed by atoms with Gasteiger partial charge in [0.05, 0.1) is 13.2 Å². The molecule has 2 aromatic carbocycles. The van der Waals surface area contributed by atoms with Gasteiger partial charge in [-0.15, -0.1) is 0 Å². The summed E-state index contributed by atoms with van der Waals surface area (Å²) in [6.45, 7) is 16.4. The number of ether oxygens (including phenoxy) is 1. The molecule has 2 atom stereocenters. The molecule has 0 radical (unpaired) electrons. The summed E-state index contributed by atoms with van der Waals surface area (Å²) in [4.78, 5) is 0. The van der Waals surface area contributed by atoms with Crippen LogP contribution in [0.3, 0.4) is 0 Å². The van der Waals surface area contributed by atoms with Gasteiger partial charge in [0.15, 0.2) is 5.75 Å². The molecule has 0 aliphatic rings. The van der Waals surface area contributed by atoms with Gasteiger partial charge in [-0.2, -0.15) is 0 Å². The van der Waals surface area contributed by atoms with Crippen LogP contribution >= 0.6 is 0 Å². The quantitative estimate of drug-likeness (QED) is 0.329. The molecule has 5 heteroatoms. The van der Waals surface area contributed by atoms with Crippen molar-refractivity contribution in [3.63, 3.8) is 0 Å². The highest BCUT2D eigenvalue weighted by molar-refractivity contribution is 6.78. The fourth-order valence-electron chi connectivity index (χ4n) is 4.92. The van der Waals surface area contributed by atoms with E-state index in [-0.39, 0.29) is 6.04 Å². The highest BCUT2D eigenvalue weighted by atomic mass is 28.4. The highest BCUT2D eigenvalue weighted by Crippen LogP contribution is 2.44. The lowest BCUT2D eigenvalue weighted by Gasteiger charge is -2.42. The van der Waals surface area contributed by atoms with Crippen molar-refractivity contribution in [3.8, 4) is 11.5 Å². The first-order chi connectivity index (χ1) is 15.6. The van der Waals surface area contributed by atoms with E-state index >= 15 is 0 Å². The second-order valence-corrected chi connectivity index (χ2v) is 15.2. The fraction of sp³-hybridized carbons (Fsp3) is 0.500. The first-order valence-corrected chi connectivity index (χ1v) is 14.3. The molecule has 2 N–H and O–H groups in total. The predicted molar refractivity (Wildman–Crippen MR) is 143 cm³/mol. The van der Waals surface area contributed by atoms with E-state index < -0.39 is 14.4 Å². The van der Waals surface area contributed by atoms with E-state index in [0.29, 0.717) is 23.2 Å². The van der Waals surface area contributed by atoms with Gasteiger partial charge in [-0.3, -0.25) is 0 Å². The highest BCUT2D eigenvalue weighted by Gasteiger charge is 2.47. The van der Waals surface area contributed by atoms with E-state index in [0.717, 1.165) is 22.6 Å². The van der Waals surface area contributed by atoms with Crippen molar-refractivity contribution in [2.75, 3.05) is 13.7 Å². The zero-order valence-corrected chi connectivity index (χ0v) is 22.6. The fourth-order valence-corrected chi connectivity index (χ4v) is 10.2. The molecule has 0 spiro atoms. The molecule has 2 rings (SSSR count). The van der Waals surface area contributed by atoms with E-state index in [1.807, 2.05) is 49.4 Å². The van der Waals surface area contributed by atoms with Crippen LogP contribution in [0.5, 0.6) is 11.5 Å². The standard InChI is InChI=1S/C28H43NO3Si/c1-20(2)33(21(3)4,22(5)6)32-26-17-16-24(19-27(26)31-8)13-12-18-29-23(7)28(30)25-14-10-9-11-15-25/h9-17,19-23,28-30H,18H2,1-8H3/t23-,28-/m1/s1. The third-order valence-corrected chi connectivity index (χ3v) is 12.7. The van der Waals surface area contributed by atoms with Crippen LogP contribution in [0.2, 0.25) is 16.6 Å². The van der Waals surface area contributed by atoms with Crippen LogP contribution in [0.4, 0.5) is 0 Å². The topological polar surface area (TPSA) is 50.7 Å². The normalized spacial score (nSPS) is 14.3. The summed E-state index contributed by atoms with van der Waals surface area (Å²) in [5.74, 6) is 1.62. The molecule has 0 heterocycles. The molecule has 0 aromatic heterocycles. The van der Waals surface area contributed by atoms with Gasteiger partial charge in [0.25, 0.3) is 8.32 Å². The SMILES string of the molecule is COc1cc(C=CCN[C@H](C)[C@@H](O)c2ccccc2)ccc1O[Si](C(C)C)(C(C)C)C(C)C. The Hall–Kier alpha value is -2.08. The van der Waals surface area contributed by atoms with Crippen molar-refractivity contribution >= 4 is 14.4 Å². The minimum Gasteiger partial charge on any atom is -0.540 e. The van der Waals surface area contributed by atoms with Crippen molar-refractivity contribution in [2.45, 2.75) is 77.2 Å². The van der Waals surface area contributed by atoms with Gasteiger partial charge in [-0.05, 0) is 46.8 Å². The second-order valence-electron chi connectivity index (χ2n) is 9.78. The number of hydrogen-bond donors (Lipinski definition) is 2. The summed E-state index contributed by atoms with van der Waals surface area (Å²) in [6.07, 6.45) is 3.60. The van der Waals surface area contributed by atoms with Crippen LogP contribution < -0.4 is 14.5 Å². The molecule has 0 unspecified atom stereocenters. The van der Waals surface area contributed by atoms with Gasteiger partial charge < -0.3 is 19.6 Å². The van der Waals surface area contributed by atoms with Crippen molar-refractivity contribution in [1.29, 1.82) is 0 Å².